The van der Waals surface area contributed by atoms with Crippen molar-refractivity contribution in [2.45, 2.75) is 11.8 Å². The van der Waals surface area contributed by atoms with E-state index in [1.807, 2.05) is 12.1 Å². The number of aromatic nitrogens is 1. The van der Waals surface area contributed by atoms with Crippen LogP contribution in [0.4, 0.5) is 5.69 Å². The van der Waals surface area contributed by atoms with Crippen LogP contribution in [0.25, 0.3) is 10.9 Å². The molecule has 88 valence electrons. The fourth-order valence-corrected chi connectivity index (χ4v) is 1.81. The first-order valence-electron chi connectivity index (χ1n) is 5.08. The first-order chi connectivity index (χ1) is 8.09. The smallest absolute Gasteiger partial charge is 0.237 e. The molecule has 5 heteroatoms. The molecule has 0 bridgehead atoms. The molecule has 1 heterocycles. The minimum atomic E-state index is -0.245. The van der Waals surface area contributed by atoms with E-state index in [-0.39, 0.29) is 10.7 Å². The summed E-state index contributed by atoms with van der Waals surface area (Å²) in [5.74, 6) is -0.0996. The monoisotopic (exact) mass is 312 g/mol. The quantitative estimate of drug-likeness (QED) is 0.861. The summed E-state index contributed by atoms with van der Waals surface area (Å²) in [4.78, 5) is 15.6. The molecule has 17 heavy (non-hydrogen) atoms. The predicted molar refractivity (Wildman–Crippen MR) is 73.8 cm³/mol. The van der Waals surface area contributed by atoms with Crippen molar-refractivity contribution >= 4 is 50.0 Å². The van der Waals surface area contributed by atoms with Gasteiger partial charge in [0.05, 0.1) is 21.1 Å². The highest BCUT2D eigenvalue weighted by molar-refractivity contribution is 9.10. The van der Waals surface area contributed by atoms with Crippen molar-refractivity contribution in [3.05, 3.63) is 35.5 Å². The maximum absolute atomic E-state index is 11.6. The first kappa shape index (κ1) is 12.3. The topological polar surface area (TPSA) is 42.0 Å². The van der Waals surface area contributed by atoms with Gasteiger partial charge in [-0.1, -0.05) is 27.5 Å². The maximum Gasteiger partial charge on any atom is 0.237 e. The van der Waals surface area contributed by atoms with Crippen molar-refractivity contribution in [1.29, 1.82) is 0 Å². The zero-order valence-electron chi connectivity index (χ0n) is 9.08. The second-order valence-electron chi connectivity index (χ2n) is 3.60. The fraction of sp³-hybridized carbons (Fsp3) is 0.167. The molecule has 0 radical (unpaired) electrons. The molecule has 0 saturated heterocycles. The standard InChI is InChI=1S/C12H10BrClN2O/c1-7(13)12(17)16-10-5-4-9(14)11-8(10)3-2-6-15-11/h2-7H,1H3,(H,16,17). The summed E-state index contributed by atoms with van der Waals surface area (Å²) >= 11 is 9.27. The summed E-state index contributed by atoms with van der Waals surface area (Å²) in [6.07, 6.45) is 1.67. The van der Waals surface area contributed by atoms with Gasteiger partial charge in [0, 0.05) is 11.6 Å². The summed E-state index contributed by atoms with van der Waals surface area (Å²) in [5, 5.41) is 4.24. The molecule has 1 aromatic carbocycles. The number of carbonyl (C=O) groups excluding carboxylic acids is 1. The van der Waals surface area contributed by atoms with E-state index in [0.29, 0.717) is 16.2 Å². The molecule has 1 aromatic heterocycles. The highest BCUT2D eigenvalue weighted by atomic mass is 79.9. The van der Waals surface area contributed by atoms with Gasteiger partial charge in [0.2, 0.25) is 5.91 Å². The fourth-order valence-electron chi connectivity index (χ4n) is 1.48. The largest absolute Gasteiger partial charge is 0.324 e. The van der Waals surface area contributed by atoms with Crippen LogP contribution in [0.15, 0.2) is 30.5 Å². The Labute approximate surface area is 112 Å². The van der Waals surface area contributed by atoms with Crippen LogP contribution in [0.5, 0.6) is 0 Å². The number of rotatable bonds is 2. The highest BCUT2D eigenvalue weighted by Crippen LogP contribution is 2.28. The van der Waals surface area contributed by atoms with Gasteiger partial charge in [-0.05, 0) is 31.2 Å². The summed E-state index contributed by atoms with van der Waals surface area (Å²) in [5.41, 5.74) is 1.41. The lowest BCUT2D eigenvalue weighted by Crippen LogP contribution is -2.20. The van der Waals surface area contributed by atoms with Gasteiger partial charge >= 0.3 is 0 Å². The van der Waals surface area contributed by atoms with Gasteiger partial charge in [-0.3, -0.25) is 9.78 Å². The van der Waals surface area contributed by atoms with E-state index >= 15 is 0 Å². The van der Waals surface area contributed by atoms with Crippen LogP contribution in [0, 0.1) is 0 Å². The number of pyridine rings is 1. The zero-order chi connectivity index (χ0) is 12.4. The molecule has 3 nitrogen and oxygen atoms in total. The van der Waals surface area contributed by atoms with Crippen LogP contribution >= 0.6 is 27.5 Å². The summed E-state index contributed by atoms with van der Waals surface area (Å²) in [6.45, 7) is 1.77. The molecule has 1 amide bonds. The normalized spacial score (nSPS) is 12.4. The lowest BCUT2D eigenvalue weighted by Gasteiger charge is -2.10. The minimum absolute atomic E-state index is 0.0996. The van der Waals surface area contributed by atoms with Gasteiger partial charge in [0.25, 0.3) is 0 Å². The number of carbonyl (C=O) groups is 1. The van der Waals surface area contributed by atoms with Gasteiger partial charge in [-0.25, -0.2) is 0 Å². The molecule has 1 atom stereocenters. The van der Waals surface area contributed by atoms with E-state index in [2.05, 4.69) is 26.2 Å². The Morgan fingerprint density at radius 3 is 2.94 bits per heavy atom. The van der Waals surface area contributed by atoms with Gasteiger partial charge in [-0.15, -0.1) is 0 Å². The summed E-state index contributed by atoms with van der Waals surface area (Å²) in [7, 11) is 0. The van der Waals surface area contributed by atoms with Crippen molar-refractivity contribution in [3.8, 4) is 0 Å². The SMILES string of the molecule is CC(Br)C(=O)Nc1ccc(Cl)c2ncccc12. The lowest BCUT2D eigenvalue weighted by molar-refractivity contribution is -0.115. The molecule has 1 unspecified atom stereocenters. The van der Waals surface area contributed by atoms with Gasteiger partial charge in [0.1, 0.15) is 0 Å². The molecule has 0 aliphatic rings. The number of hydrogen-bond donors (Lipinski definition) is 1. The Morgan fingerprint density at radius 1 is 1.47 bits per heavy atom. The third-order valence-corrected chi connectivity index (χ3v) is 3.06. The van der Waals surface area contributed by atoms with Crippen LogP contribution in [0.2, 0.25) is 5.02 Å². The molecular formula is C12H10BrClN2O. The van der Waals surface area contributed by atoms with Crippen molar-refractivity contribution < 1.29 is 4.79 Å². The molecule has 0 aliphatic carbocycles. The van der Waals surface area contributed by atoms with E-state index in [9.17, 15) is 4.79 Å². The van der Waals surface area contributed by atoms with Crippen LogP contribution in [0.1, 0.15) is 6.92 Å². The van der Waals surface area contributed by atoms with Gasteiger partial charge in [0.15, 0.2) is 0 Å². The van der Waals surface area contributed by atoms with Crippen LogP contribution < -0.4 is 5.32 Å². The third kappa shape index (κ3) is 2.58. The number of nitrogens with zero attached hydrogens (tertiary/aromatic N) is 1. The number of anilines is 1. The second-order valence-corrected chi connectivity index (χ2v) is 5.38. The number of nitrogens with one attached hydrogen (secondary N) is 1. The Hall–Kier alpha value is -1.13. The average Bonchev–Trinajstić information content (AvgIpc) is 2.33. The van der Waals surface area contributed by atoms with E-state index in [1.54, 1.807) is 25.3 Å². The Morgan fingerprint density at radius 2 is 2.24 bits per heavy atom. The maximum atomic E-state index is 11.6. The summed E-state index contributed by atoms with van der Waals surface area (Å²) < 4.78 is 0. The Balaban J connectivity index is 2.48. The number of fused-ring (bicyclic) bond motifs is 1. The summed E-state index contributed by atoms with van der Waals surface area (Å²) in [6, 6.07) is 7.19. The van der Waals surface area contributed by atoms with Gasteiger partial charge < -0.3 is 5.32 Å². The van der Waals surface area contributed by atoms with E-state index in [1.165, 1.54) is 0 Å². The van der Waals surface area contributed by atoms with Crippen LogP contribution in [0.3, 0.4) is 0 Å². The van der Waals surface area contributed by atoms with Gasteiger partial charge in [-0.2, -0.15) is 0 Å². The second kappa shape index (κ2) is 5.02. The molecule has 2 rings (SSSR count). The van der Waals surface area contributed by atoms with Crippen LogP contribution in [-0.4, -0.2) is 15.7 Å². The van der Waals surface area contributed by atoms with E-state index < -0.39 is 0 Å². The lowest BCUT2D eigenvalue weighted by atomic mass is 10.2. The minimum Gasteiger partial charge on any atom is -0.324 e. The Bertz CT molecular complexity index is 571. The van der Waals surface area contributed by atoms with Crippen molar-refractivity contribution in [1.82, 2.24) is 4.98 Å². The zero-order valence-corrected chi connectivity index (χ0v) is 11.4. The van der Waals surface area contributed by atoms with E-state index in [0.717, 1.165) is 5.39 Å². The van der Waals surface area contributed by atoms with Crippen molar-refractivity contribution in [3.63, 3.8) is 0 Å². The number of benzene rings is 1. The molecule has 0 saturated carbocycles. The van der Waals surface area contributed by atoms with Crippen LogP contribution in [-0.2, 0) is 4.79 Å². The van der Waals surface area contributed by atoms with Crippen molar-refractivity contribution in [2.75, 3.05) is 5.32 Å². The Kier molecular flexibility index (Phi) is 3.64. The molecular weight excluding hydrogens is 304 g/mol. The third-order valence-electron chi connectivity index (χ3n) is 2.34. The average molecular weight is 314 g/mol. The van der Waals surface area contributed by atoms with E-state index in [4.69, 9.17) is 11.6 Å². The van der Waals surface area contributed by atoms with Crippen molar-refractivity contribution in [2.24, 2.45) is 0 Å². The first-order valence-corrected chi connectivity index (χ1v) is 6.37. The number of halogens is 2. The highest BCUT2D eigenvalue weighted by Gasteiger charge is 2.11. The number of hydrogen-bond acceptors (Lipinski definition) is 2. The molecule has 0 aliphatic heterocycles. The number of amides is 1. The molecule has 1 N–H and O–H groups in total. The molecule has 0 spiro atoms. The molecule has 0 fully saturated rings. The predicted octanol–water partition coefficient (Wildman–Crippen LogP) is 3.61. The molecule has 2 aromatic rings. The number of alkyl halides is 1.